The van der Waals surface area contributed by atoms with Crippen LogP contribution in [0.2, 0.25) is 0 Å². The average Bonchev–Trinajstić information content (AvgIpc) is 2.87. The third kappa shape index (κ3) is 6.52. The smallest absolute Gasteiger partial charge is 0.451 e. The highest BCUT2D eigenvalue weighted by molar-refractivity contribution is 5.31. The van der Waals surface area contributed by atoms with Crippen LogP contribution in [0.4, 0.5) is 13.2 Å². The van der Waals surface area contributed by atoms with Gasteiger partial charge in [0.1, 0.15) is 5.75 Å². The fraction of sp³-hybridized carbons (Fsp3) is 0.217. The molecule has 0 aliphatic rings. The zero-order valence-electron chi connectivity index (χ0n) is 18.8. The third-order valence-corrected chi connectivity index (χ3v) is 4.78. The minimum atomic E-state index is -4.61. The fourth-order valence-corrected chi connectivity index (χ4v) is 3.00. The van der Waals surface area contributed by atoms with Gasteiger partial charge in [-0.25, -0.2) is 24.9 Å². The van der Waals surface area contributed by atoms with E-state index in [0.29, 0.717) is 24.2 Å². The Morgan fingerprint density at radius 3 is 2.17 bits per heavy atom. The molecule has 10 nitrogen and oxygen atoms in total. The molecule has 0 aliphatic heterocycles. The summed E-state index contributed by atoms with van der Waals surface area (Å²) >= 11 is 0. The van der Waals surface area contributed by atoms with Crippen molar-refractivity contribution in [2.75, 3.05) is 13.7 Å². The quantitative estimate of drug-likeness (QED) is 0.368. The lowest BCUT2D eigenvalue weighted by atomic mass is 10.1. The van der Waals surface area contributed by atoms with Gasteiger partial charge in [-0.05, 0) is 23.3 Å². The topological polar surface area (TPSA) is 125 Å². The van der Waals surface area contributed by atoms with Crippen LogP contribution < -0.4 is 19.8 Å². The van der Waals surface area contributed by atoms with Gasteiger partial charge in [-0.2, -0.15) is 13.2 Å². The van der Waals surface area contributed by atoms with E-state index in [2.05, 4.69) is 29.9 Å². The van der Waals surface area contributed by atoms with Crippen molar-refractivity contribution in [2.24, 2.45) is 0 Å². The standard InChI is InChI=1S/C23H19F3N6O4/c1-34-21-29-9-15(10-30-21)8-16-11-31-22(32-19(16)33)35-7-6-14-2-4-17(5-3-14)36-18-12-27-20(28-13-18)23(24,25)26/h2-5,9-13H,6-8H2,1H3,(H,31,32,33). The van der Waals surface area contributed by atoms with Crippen LogP contribution in [0.5, 0.6) is 23.5 Å². The number of hydrogen-bond acceptors (Lipinski definition) is 9. The van der Waals surface area contributed by atoms with Crippen LogP contribution in [0.25, 0.3) is 0 Å². The van der Waals surface area contributed by atoms with Crippen molar-refractivity contribution in [2.45, 2.75) is 19.0 Å². The van der Waals surface area contributed by atoms with Gasteiger partial charge in [-0.3, -0.25) is 9.78 Å². The van der Waals surface area contributed by atoms with Gasteiger partial charge in [-0.1, -0.05) is 12.1 Å². The summed E-state index contributed by atoms with van der Waals surface area (Å²) in [5, 5.41) is 0. The van der Waals surface area contributed by atoms with Crippen LogP contribution in [0.1, 0.15) is 22.5 Å². The van der Waals surface area contributed by atoms with Gasteiger partial charge in [0.05, 0.1) is 26.1 Å². The Morgan fingerprint density at radius 1 is 0.861 bits per heavy atom. The molecule has 36 heavy (non-hydrogen) atoms. The highest BCUT2D eigenvalue weighted by atomic mass is 19.4. The van der Waals surface area contributed by atoms with Gasteiger partial charge in [0.25, 0.3) is 11.6 Å². The Balaban J connectivity index is 1.27. The molecule has 3 aromatic heterocycles. The molecule has 13 heteroatoms. The second-order valence-corrected chi connectivity index (χ2v) is 7.38. The lowest BCUT2D eigenvalue weighted by Gasteiger charge is -2.09. The highest BCUT2D eigenvalue weighted by Gasteiger charge is 2.34. The highest BCUT2D eigenvalue weighted by Crippen LogP contribution is 2.27. The number of aromatic nitrogens is 6. The van der Waals surface area contributed by atoms with E-state index in [1.165, 1.54) is 13.3 Å². The number of alkyl halides is 3. The molecule has 0 unspecified atom stereocenters. The van der Waals surface area contributed by atoms with E-state index in [1.807, 2.05) is 0 Å². The number of hydrogen-bond donors (Lipinski definition) is 1. The maximum absolute atomic E-state index is 12.5. The normalized spacial score (nSPS) is 11.2. The molecule has 1 N–H and O–H groups in total. The van der Waals surface area contributed by atoms with E-state index in [4.69, 9.17) is 14.2 Å². The van der Waals surface area contributed by atoms with Crippen molar-refractivity contribution >= 4 is 0 Å². The van der Waals surface area contributed by atoms with Crippen LogP contribution in [0.15, 0.2) is 60.0 Å². The molecule has 0 aliphatic carbocycles. The summed E-state index contributed by atoms with van der Waals surface area (Å²) in [6.07, 6.45) is 2.71. The SMILES string of the molecule is COc1ncc(Cc2cnc(OCCc3ccc(Oc4cnc(C(F)(F)F)nc4)cc3)[nH]c2=O)cn1. The molecule has 0 saturated carbocycles. The zero-order chi connectivity index (χ0) is 25.5. The van der Waals surface area contributed by atoms with Gasteiger partial charge < -0.3 is 14.2 Å². The molecule has 3 heterocycles. The van der Waals surface area contributed by atoms with E-state index in [1.54, 1.807) is 36.7 Å². The molecule has 0 amide bonds. The molecule has 0 bridgehead atoms. The van der Waals surface area contributed by atoms with E-state index < -0.39 is 12.0 Å². The van der Waals surface area contributed by atoms with Gasteiger partial charge in [0.2, 0.25) is 5.82 Å². The second-order valence-electron chi connectivity index (χ2n) is 7.38. The maximum atomic E-state index is 12.5. The van der Waals surface area contributed by atoms with Crippen molar-refractivity contribution in [1.29, 1.82) is 0 Å². The predicted octanol–water partition coefficient (Wildman–Crippen LogP) is 3.38. The number of H-pyrrole nitrogens is 1. The van der Waals surface area contributed by atoms with E-state index in [0.717, 1.165) is 23.5 Å². The monoisotopic (exact) mass is 500 g/mol. The Labute approximate surface area is 202 Å². The molecule has 1 aromatic carbocycles. The van der Waals surface area contributed by atoms with Gasteiger partial charge in [0, 0.05) is 37.0 Å². The summed E-state index contributed by atoms with van der Waals surface area (Å²) in [6, 6.07) is 7.21. The molecule has 0 spiro atoms. The minimum absolute atomic E-state index is 0.0806. The van der Waals surface area contributed by atoms with E-state index in [-0.39, 0.29) is 29.9 Å². The number of nitrogens with zero attached hydrogens (tertiary/aromatic N) is 5. The first-order chi connectivity index (χ1) is 17.3. The summed E-state index contributed by atoms with van der Waals surface area (Å²) in [5.74, 6) is -0.744. The molecule has 0 saturated heterocycles. The number of halogens is 3. The molecular weight excluding hydrogens is 481 g/mol. The first kappa shape index (κ1) is 24.6. The minimum Gasteiger partial charge on any atom is -0.467 e. The summed E-state index contributed by atoms with van der Waals surface area (Å²) in [4.78, 5) is 33.6. The Kier molecular flexibility index (Phi) is 7.37. The van der Waals surface area contributed by atoms with E-state index >= 15 is 0 Å². The number of rotatable bonds is 9. The lowest BCUT2D eigenvalue weighted by Crippen LogP contribution is -2.16. The second kappa shape index (κ2) is 10.8. The Hall–Kier alpha value is -4.55. The number of benzene rings is 1. The number of aromatic amines is 1. The first-order valence-corrected chi connectivity index (χ1v) is 10.5. The number of nitrogens with one attached hydrogen (secondary N) is 1. The molecule has 186 valence electrons. The molecule has 4 aromatic rings. The largest absolute Gasteiger partial charge is 0.467 e. The Bertz CT molecular complexity index is 1340. The van der Waals surface area contributed by atoms with Crippen LogP contribution in [0, 0.1) is 0 Å². The van der Waals surface area contributed by atoms with Crippen molar-refractivity contribution in [3.63, 3.8) is 0 Å². The lowest BCUT2D eigenvalue weighted by molar-refractivity contribution is -0.145. The molecule has 0 radical (unpaired) electrons. The number of ether oxygens (including phenoxy) is 3. The molecule has 0 atom stereocenters. The van der Waals surface area contributed by atoms with Crippen LogP contribution in [0.3, 0.4) is 0 Å². The van der Waals surface area contributed by atoms with Crippen LogP contribution in [-0.4, -0.2) is 43.6 Å². The number of methoxy groups -OCH3 is 1. The fourth-order valence-electron chi connectivity index (χ4n) is 3.00. The summed E-state index contributed by atoms with van der Waals surface area (Å²) in [5.41, 5.74) is 1.74. The van der Waals surface area contributed by atoms with Crippen molar-refractivity contribution < 1.29 is 27.4 Å². The summed E-state index contributed by atoms with van der Waals surface area (Å²) < 4.78 is 53.5. The van der Waals surface area contributed by atoms with Gasteiger partial charge >= 0.3 is 12.2 Å². The van der Waals surface area contributed by atoms with Crippen molar-refractivity contribution in [3.8, 4) is 23.5 Å². The van der Waals surface area contributed by atoms with Crippen molar-refractivity contribution in [3.05, 3.63) is 88.1 Å². The Morgan fingerprint density at radius 2 is 1.56 bits per heavy atom. The molecular formula is C23H19F3N6O4. The van der Waals surface area contributed by atoms with Crippen LogP contribution >= 0.6 is 0 Å². The third-order valence-electron chi connectivity index (χ3n) is 4.78. The van der Waals surface area contributed by atoms with Crippen LogP contribution in [-0.2, 0) is 19.0 Å². The first-order valence-electron chi connectivity index (χ1n) is 10.5. The average molecular weight is 500 g/mol. The maximum Gasteiger partial charge on any atom is 0.451 e. The van der Waals surface area contributed by atoms with E-state index in [9.17, 15) is 18.0 Å². The molecule has 0 fully saturated rings. The van der Waals surface area contributed by atoms with Gasteiger partial charge in [-0.15, -0.1) is 0 Å². The van der Waals surface area contributed by atoms with Gasteiger partial charge in [0.15, 0.2) is 5.75 Å². The van der Waals surface area contributed by atoms with Crippen molar-refractivity contribution in [1.82, 2.24) is 29.9 Å². The zero-order valence-corrected chi connectivity index (χ0v) is 18.8. The molecule has 4 rings (SSSR count). The predicted molar refractivity (Wildman–Crippen MR) is 119 cm³/mol. The summed E-state index contributed by atoms with van der Waals surface area (Å²) in [7, 11) is 1.47. The summed E-state index contributed by atoms with van der Waals surface area (Å²) in [6.45, 7) is 0.252.